The monoisotopic (exact) mass is 464 g/mol. The summed E-state index contributed by atoms with van der Waals surface area (Å²) in [6.07, 6.45) is 7.14. The van der Waals surface area contributed by atoms with Crippen molar-refractivity contribution >= 4 is 15.9 Å². The summed E-state index contributed by atoms with van der Waals surface area (Å²) in [6.45, 7) is 2.77. The Labute approximate surface area is 188 Å². The highest BCUT2D eigenvalue weighted by Gasteiger charge is 2.44. The number of hydrogen-bond donors (Lipinski definition) is 1. The molecule has 0 amide bonds. The van der Waals surface area contributed by atoms with Crippen molar-refractivity contribution < 1.29 is 9.84 Å². The summed E-state index contributed by atoms with van der Waals surface area (Å²) >= 11 is 3.69. The molecule has 30 heavy (non-hydrogen) atoms. The molecule has 1 aliphatic carbocycles. The van der Waals surface area contributed by atoms with Gasteiger partial charge in [-0.05, 0) is 34.7 Å². The lowest BCUT2D eigenvalue weighted by Crippen LogP contribution is -2.29. The van der Waals surface area contributed by atoms with Gasteiger partial charge in [0.25, 0.3) is 0 Å². The van der Waals surface area contributed by atoms with Gasteiger partial charge in [0, 0.05) is 15.6 Å². The van der Waals surface area contributed by atoms with Gasteiger partial charge < -0.3 is 9.84 Å². The van der Waals surface area contributed by atoms with E-state index in [0.29, 0.717) is 6.61 Å². The van der Waals surface area contributed by atoms with Crippen molar-refractivity contribution in [3.8, 4) is 22.3 Å². The Morgan fingerprint density at radius 2 is 1.33 bits per heavy atom. The third kappa shape index (κ3) is 3.99. The number of unbranched alkanes of at least 4 members (excludes halogenated alkanes) is 5. The van der Waals surface area contributed by atoms with Crippen molar-refractivity contribution in [1.29, 1.82) is 0 Å². The second-order valence-corrected chi connectivity index (χ2v) is 8.87. The second kappa shape index (κ2) is 9.47. The van der Waals surface area contributed by atoms with Crippen molar-refractivity contribution in [2.75, 3.05) is 6.61 Å². The van der Waals surface area contributed by atoms with Crippen LogP contribution in [0.2, 0.25) is 0 Å². The Hall–Kier alpha value is -1.94. The van der Waals surface area contributed by atoms with Gasteiger partial charge in [0.05, 0.1) is 6.61 Å². The van der Waals surface area contributed by atoms with Gasteiger partial charge in [-0.25, -0.2) is 0 Å². The number of hydrogen-bond acceptors (Lipinski definition) is 2. The fourth-order valence-electron chi connectivity index (χ4n) is 4.45. The molecule has 2 nitrogen and oxygen atoms in total. The van der Waals surface area contributed by atoms with Crippen LogP contribution in [0.15, 0.2) is 71.2 Å². The van der Waals surface area contributed by atoms with Crippen LogP contribution in [0, 0.1) is 0 Å². The molecule has 0 aromatic heterocycles. The second-order valence-electron chi connectivity index (χ2n) is 8.01. The fourth-order valence-corrected chi connectivity index (χ4v) is 4.94. The number of benzene rings is 3. The Balaban J connectivity index is 1.68. The molecule has 3 aromatic carbocycles. The van der Waals surface area contributed by atoms with Crippen LogP contribution in [0.3, 0.4) is 0 Å². The van der Waals surface area contributed by atoms with Crippen LogP contribution in [0.5, 0.6) is 0 Å². The Bertz CT molecular complexity index is 1010. The first-order valence-corrected chi connectivity index (χ1v) is 11.8. The van der Waals surface area contributed by atoms with Gasteiger partial charge in [0.2, 0.25) is 5.79 Å². The van der Waals surface area contributed by atoms with Crippen LogP contribution in [-0.4, -0.2) is 11.7 Å². The van der Waals surface area contributed by atoms with Crippen molar-refractivity contribution in [1.82, 2.24) is 0 Å². The quantitative estimate of drug-likeness (QED) is 0.260. The van der Waals surface area contributed by atoms with E-state index in [2.05, 4.69) is 53.2 Å². The normalized spacial score (nSPS) is 17.0. The van der Waals surface area contributed by atoms with Crippen LogP contribution < -0.4 is 0 Å². The molecule has 0 radical (unpaired) electrons. The van der Waals surface area contributed by atoms with Gasteiger partial charge in [-0.15, -0.1) is 0 Å². The number of aliphatic hydroxyl groups is 1. The highest BCUT2D eigenvalue weighted by Crippen LogP contribution is 2.52. The molecule has 1 unspecified atom stereocenters. The smallest absolute Gasteiger partial charge is 0.221 e. The standard InChI is InChI=1S/C27H29BrO2/c1-2-3-4-5-6-11-19-30-27(29)24-17-9-7-13-20(24)22-15-12-16-23(26(22)27)21-14-8-10-18-25(21)28/h7-10,12-18,29H,2-6,11,19H2,1H3. The molecule has 0 saturated heterocycles. The number of ether oxygens (including phenoxy) is 1. The van der Waals surface area contributed by atoms with E-state index < -0.39 is 5.79 Å². The predicted molar refractivity (Wildman–Crippen MR) is 127 cm³/mol. The van der Waals surface area contributed by atoms with E-state index in [1.165, 1.54) is 25.7 Å². The lowest BCUT2D eigenvalue weighted by molar-refractivity contribution is -0.177. The van der Waals surface area contributed by atoms with Gasteiger partial charge in [-0.2, -0.15) is 0 Å². The van der Waals surface area contributed by atoms with Gasteiger partial charge in [-0.3, -0.25) is 0 Å². The van der Waals surface area contributed by atoms with Gasteiger partial charge in [-0.1, -0.05) is 116 Å². The highest BCUT2D eigenvalue weighted by atomic mass is 79.9. The third-order valence-electron chi connectivity index (χ3n) is 5.96. The fraction of sp³-hybridized carbons (Fsp3) is 0.333. The van der Waals surface area contributed by atoms with Crippen LogP contribution in [0.1, 0.15) is 56.6 Å². The summed E-state index contributed by atoms with van der Waals surface area (Å²) in [5, 5.41) is 11.9. The van der Waals surface area contributed by atoms with E-state index >= 15 is 0 Å². The molecule has 1 N–H and O–H groups in total. The van der Waals surface area contributed by atoms with Crippen LogP contribution in [0.4, 0.5) is 0 Å². The third-order valence-corrected chi connectivity index (χ3v) is 6.65. The van der Waals surface area contributed by atoms with Gasteiger partial charge in [0.1, 0.15) is 0 Å². The van der Waals surface area contributed by atoms with E-state index in [4.69, 9.17) is 4.74 Å². The van der Waals surface area contributed by atoms with Crippen molar-refractivity contribution in [3.63, 3.8) is 0 Å². The molecule has 0 aliphatic heterocycles. The van der Waals surface area contributed by atoms with Crippen LogP contribution in [0.25, 0.3) is 22.3 Å². The minimum Gasteiger partial charge on any atom is -0.358 e. The molecule has 4 rings (SSSR count). The summed E-state index contributed by atoms with van der Waals surface area (Å²) in [4.78, 5) is 0. The molecular weight excluding hydrogens is 436 g/mol. The average Bonchev–Trinajstić information content (AvgIpc) is 3.03. The lowest BCUT2D eigenvalue weighted by Gasteiger charge is -2.28. The van der Waals surface area contributed by atoms with E-state index in [1.54, 1.807) is 0 Å². The molecule has 3 heteroatoms. The predicted octanol–water partition coefficient (Wildman–Crippen LogP) is 7.67. The first kappa shape index (κ1) is 21.3. The molecule has 1 aliphatic rings. The summed E-state index contributed by atoms with van der Waals surface area (Å²) < 4.78 is 7.30. The minimum atomic E-state index is -1.43. The van der Waals surface area contributed by atoms with E-state index in [0.717, 1.165) is 50.7 Å². The number of halogens is 1. The topological polar surface area (TPSA) is 29.5 Å². The summed E-state index contributed by atoms with van der Waals surface area (Å²) in [5.74, 6) is -1.43. The maximum Gasteiger partial charge on any atom is 0.221 e. The zero-order valence-corrected chi connectivity index (χ0v) is 19.1. The molecule has 0 saturated carbocycles. The summed E-state index contributed by atoms with van der Waals surface area (Å²) in [5.41, 5.74) is 5.84. The van der Waals surface area contributed by atoms with Crippen LogP contribution in [-0.2, 0) is 10.5 Å². The molecule has 1 atom stereocenters. The molecule has 156 valence electrons. The SMILES string of the molecule is CCCCCCCCOC1(O)c2ccccc2-c2cccc(-c3ccccc3Br)c21. The van der Waals surface area contributed by atoms with Crippen LogP contribution >= 0.6 is 15.9 Å². The lowest BCUT2D eigenvalue weighted by atomic mass is 9.93. The van der Waals surface area contributed by atoms with E-state index in [9.17, 15) is 5.11 Å². The summed E-state index contributed by atoms with van der Waals surface area (Å²) in [7, 11) is 0. The minimum absolute atomic E-state index is 0.542. The average molecular weight is 465 g/mol. The number of rotatable bonds is 9. The number of fused-ring (bicyclic) bond motifs is 3. The molecule has 0 heterocycles. The Morgan fingerprint density at radius 3 is 2.10 bits per heavy atom. The van der Waals surface area contributed by atoms with Crippen molar-refractivity contribution in [3.05, 3.63) is 82.3 Å². The Morgan fingerprint density at radius 1 is 0.733 bits per heavy atom. The van der Waals surface area contributed by atoms with Crippen molar-refractivity contribution in [2.24, 2.45) is 0 Å². The summed E-state index contributed by atoms with van der Waals surface area (Å²) in [6, 6.07) is 22.4. The first-order valence-electron chi connectivity index (χ1n) is 11.0. The van der Waals surface area contributed by atoms with E-state index in [-0.39, 0.29) is 0 Å². The first-order chi connectivity index (χ1) is 14.7. The molecule has 0 spiro atoms. The van der Waals surface area contributed by atoms with E-state index in [1.807, 2.05) is 36.4 Å². The maximum absolute atomic E-state index is 11.9. The van der Waals surface area contributed by atoms with Crippen molar-refractivity contribution in [2.45, 2.75) is 51.2 Å². The Kier molecular flexibility index (Phi) is 6.72. The largest absolute Gasteiger partial charge is 0.358 e. The maximum atomic E-state index is 11.9. The molecule has 0 bridgehead atoms. The molecular formula is C27H29BrO2. The van der Waals surface area contributed by atoms with Gasteiger partial charge in [0.15, 0.2) is 0 Å². The molecule has 3 aromatic rings. The molecule has 0 fully saturated rings. The highest BCUT2D eigenvalue weighted by molar-refractivity contribution is 9.10. The zero-order chi connectivity index (χ0) is 21.0. The van der Waals surface area contributed by atoms with Gasteiger partial charge >= 0.3 is 0 Å². The zero-order valence-electron chi connectivity index (χ0n) is 17.5.